The number of rotatable bonds is 2. The van der Waals surface area contributed by atoms with Crippen molar-refractivity contribution in [3.05, 3.63) is 36.0 Å². The average Bonchev–Trinajstić information content (AvgIpc) is 2.60. The predicted molar refractivity (Wildman–Crippen MR) is 83.4 cm³/mol. The van der Waals surface area contributed by atoms with Gasteiger partial charge in [-0.25, -0.2) is 0 Å². The largest absolute Gasteiger partial charge is 0.469 e. The van der Waals surface area contributed by atoms with Crippen molar-refractivity contribution in [1.29, 1.82) is 5.26 Å². The summed E-state index contributed by atoms with van der Waals surface area (Å²) in [7, 11) is 1.42. The van der Waals surface area contributed by atoms with Crippen LogP contribution >= 0.6 is 0 Å². The number of pyridine rings is 1. The van der Waals surface area contributed by atoms with E-state index in [1.165, 1.54) is 7.11 Å². The molecule has 0 aliphatic carbocycles. The highest BCUT2D eigenvalue weighted by molar-refractivity contribution is 5.94. The molecule has 1 aliphatic heterocycles. The molecule has 1 aromatic carbocycles. The van der Waals surface area contributed by atoms with Gasteiger partial charge in [0, 0.05) is 24.7 Å². The molecule has 1 atom stereocenters. The molecule has 22 heavy (non-hydrogen) atoms. The lowest BCUT2D eigenvalue weighted by molar-refractivity contribution is -0.145. The molecule has 0 unspecified atom stereocenters. The third-order valence-electron chi connectivity index (χ3n) is 4.14. The summed E-state index contributed by atoms with van der Waals surface area (Å²) in [5, 5.41) is 10.4. The first-order chi connectivity index (χ1) is 10.7. The fourth-order valence-electron chi connectivity index (χ4n) is 3.09. The molecule has 1 aliphatic rings. The molecule has 0 spiro atoms. The summed E-state index contributed by atoms with van der Waals surface area (Å²) >= 11 is 0. The fraction of sp³-hybridized carbons (Fsp3) is 0.353. The Labute approximate surface area is 129 Å². The number of piperidine rings is 1. The smallest absolute Gasteiger partial charge is 0.310 e. The third kappa shape index (κ3) is 2.48. The van der Waals surface area contributed by atoms with Gasteiger partial charge in [-0.1, -0.05) is 18.2 Å². The van der Waals surface area contributed by atoms with Crippen LogP contribution in [0.4, 0.5) is 5.69 Å². The van der Waals surface area contributed by atoms with Gasteiger partial charge in [0.25, 0.3) is 0 Å². The highest BCUT2D eigenvalue weighted by Crippen LogP contribution is 2.32. The lowest BCUT2D eigenvalue weighted by Gasteiger charge is -2.34. The summed E-state index contributed by atoms with van der Waals surface area (Å²) in [6.07, 6.45) is 3.34. The first-order valence-electron chi connectivity index (χ1n) is 7.35. The van der Waals surface area contributed by atoms with Gasteiger partial charge in [0.15, 0.2) is 0 Å². The molecule has 0 bridgehead atoms. The number of carbonyl (C=O) groups is 1. The molecule has 112 valence electrons. The number of aromatic nitrogens is 1. The SMILES string of the molecule is COC(=O)[C@H]1CCCN(c2c(C#N)cnc3ccccc23)C1. The summed E-state index contributed by atoms with van der Waals surface area (Å²) in [4.78, 5) is 18.3. The standard InChI is InChI=1S/C17H17N3O2/c1-22-17(21)12-5-4-8-20(11-12)16-13(9-18)10-19-15-7-3-2-6-14(15)16/h2-3,6-7,10,12H,4-5,8,11H2,1H3/t12-/m0/s1. The Morgan fingerprint density at radius 2 is 2.27 bits per heavy atom. The zero-order valence-corrected chi connectivity index (χ0v) is 12.5. The molecule has 5 heteroatoms. The number of para-hydroxylation sites is 1. The second-order valence-electron chi connectivity index (χ2n) is 5.46. The molecular weight excluding hydrogens is 278 g/mol. The first kappa shape index (κ1) is 14.3. The van der Waals surface area contributed by atoms with Crippen LogP contribution in [0.15, 0.2) is 30.5 Å². The Morgan fingerprint density at radius 1 is 1.45 bits per heavy atom. The average molecular weight is 295 g/mol. The summed E-state index contributed by atoms with van der Waals surface area (Å²) in [5.41, 5.74) is 2.28. The van der Waals surface area contributed by atoms with E-state index in [4.69, 9.17) is 4.74 Å². The number of anilines is 1. The quantitative estimate of drug-likeness (QED) is 0.796. The van der Waals surface area contributed by atoms with Crippen LogP contribution in [0, 0.1) is 17.2 Å². The van der Waals surface area contributed by atoms with Crippen molar-refractivity contribution in [2.75, 3.05) is 25.1 Å². The van der Waals surface area contributed by atoms with Crippen LogP contribution < -0.4 is 4.90 Å². The summed E-state index contributed by atoms with van der Waals surface area (Å²) in [6.45, 7) is 1.41. The summed E-state index contributed by atoms with van der Waals surface area (Å²) in [5.74, 6) is -0.321. The number of nitrogens with zero attached hydrogens (tertiary/aromatic N) is 3. The summed E-state index contributed by atoms with van der Waals surface area (Å²) in [6, 6.07) is 10.00. The van der Waals surface area contributed by atoms with Crippen molar-refractivity contribution < 1.29 is 9.53 Å². The van der Waals surface area contributed by atoms with E-state index in [-0.39, 0.29) is 11.9 Å². The van der Waals surface area contributed by atoms with E-state index in [0.29, 0.717) is 12.1 Å². The van der Waals surface area contributed by atoms with Gasteiger partial charge in [0.05, 0.1) is 29.8 Å². The van der Waals surface area contributed by atoms with Crippen molar-refractivity contribution in [2.45, 2.75) is 12.8 Å². The number of benzene rings is 1. The van der Waals surface area contributed by atoms with E-state index in [2.05, 4.69) is 16.0 Å². The molecule has 1 aromatic heterocycles. The second-order valence-corrected chi connectivity index (χ2v) is 5.46. The van der Waals surface area contributed by atoms with Gasteiger partial charge < -0.3 is 9.64 Å². The van der Waals surface area contributed by atoms with Gasteiger partial charge in [-0.3, -0.25) is 9.78 Å². The second kappa shape index (κ2) is 6.02. The van der Waals surface area contributed by atoms with Crippen LogP contribution in [-0.4, -0.2) is 31.2 Å². The molecule has 2 aromatic rings. The lowest BCUT2D eigenvalue weighted by atomic mass is 9.96. The lowest BCUT2D eigenvalue weighted by Crippen LogP contribution is -2.39. The third-order valence-corrected chi connectivity index (χ3v) is 4.14. The molecule has 5 nitrogen and oxygen atoms in total. The Hall–Kier alpha value is -2.61. The van der Waals surface area contributed by atoms with Crippen molar-refractivity contribution in [1.82, 2.24) is 4.98 Å². The number of hydrogen-bond donors (Lipinski definition) is 0. The van der Waals surface area contributed by atoms with Gasteiger partial charge in [-0.05, 0) is 18.9 Å². The maximum absolute atomic E-state index is 11.8. The van der Waals surface area contributed by atoms with Gasteiger partial charge in [-0.15, -0.1) is 0 Å². The maximum Gasteiger partial charge on any atom is 0.310 e. The maximum atomic E-state index is 11.8. The van der Waals surface area contributed by atoms with Crippen LogP contribution in [0.25, 0.3) is 10.9 Å². The minimum Gasteiger partial charge on any atom is -0.469 e. The normalized spacial score (nSPS) is 18.0. The Bertz CT molecular complexity index is 751. The van der Waals surface area contributed by atoms with Crippen molar-refractivity contribution in [3.63, 3.8) is 0 Å². The van der Waals surface area contributed by atoms with Crippen molar-refractivity contribution in [2.24, 2.45) is 5.92 Å². The van der Waals surface area contributed by atoms with E-state index in [0.717, 1.165) is 36.0 Å². The Kier molecular flexibility index (Phi) is 3.92. The molecule has 1 fully saturated rings. The first-order valence-corrected chi connectivity index (χ1v) is 7.35. The number of ether oxygens (including phenoxy) is 1. The zero-order valence-electron chi connectivity index (χ0n) is 12.5. The number of methoxy groups -OCH3 is 1. The molecule has 0 amide bonds. The fourth-order valence-corrected chi connectivity index (χ4v) is 3.09. The van der Waals surface area contributed by atoms with E-state index in [1.54, 1.807) is 6.20 Å². The number of hydrogen-bond acceptors (Lipinski definition) is 5. The van der Waals surface area contributed by atoms with Crippen molar-refractivity contribution >= 4 is 22.6 Å². The van der Waals surface area contributed by atoms with Crippen LogP contribution in [-0.2, 0) is 9.53 Å². The van der Waals surface area contributed by atoms with Crippen LogP contribution in [0.3, 0.4) is 0 Å². The molecule has 1 saturated heterocycles. The topological polar surface area (TPSA) is 66.2 Å². The van der Waals surface area contributed by atoms with E-state index in [9.17, 15) is 10.1 Å². The van der Waals surface area contributed by atoms with E-state index in [1.807, 2.05) is 24.3 Å². The predicted octanol–water partition coefficient (Wildman–Crippen LogP) is 2.50. The zero-order chi connectivity index (χ0) is 15.5. The van der Waals surface area contributed by atoms with Gasteiger partial charge in [-0.2, -0.15) is 5.26 Å². The van der Waals surface area contributed by atoms with Crippen LogP contribution in [0.5, 0.6) is 0 Å². The Morgan fingerprint density at radius 3 is 3.05 bits per heavy atom. The summed E-state index contributed by atoms with van der Waals surface area (Å²) < 4.78 is 4.87. The molecule has 0 radical (unpaired) electrons. The Balaban J connectivity index is 2.05. The molecule has 3 rings (SSSR count). The molecule has 2 heterocycles. The van der Waals surface area contributed by atoms with Crippen LogP contribution in [0.2, 0.25) is 0 Å². The van der Waals surface area contributed by atoms with Crippen LogP contribution in [0.1, 0.15) is 18.4 Å². The van der Waals surface area contributed by atoms with Crippen molar-refractivity contribution in [3.8, 4) is 6.07 Å². The monoisotopic (exact) mass is 295 g/mol. The van der Waals surface area contributed by atoms with E-state index < -0.39 is 0 Å². The minimum atomic E-state index is -0.179. The van der Waals surface area contributed by atoms with E-state index >= 15 is 0 Å². The van der Waals surface area contributed by atoms with Gasteiger partial charge in [0.2, 0.25) is 0 Å². The number of carbonyl (C=O) groups excluding carboxylic acids is 1. The minimum absolute atomic E-state index is 0.141. The number of nitriles is 1. The van der Waals surface area contributed by atoms with Gasteiger partial charge in [0.1, 0.15) is 6.07 Å². The molecule has 0 N–H and O–H groups in total. The number of fused-ring (bicyclic) bond motifs is 1. The molecule has 0 saturated carbocycles. The highest BCUT2D eigenvalue weighted by atomic mass is 16.5. The van der Waals surface area contributed by atoms with Gasteiger partial charge >= 0.3 is 5.97 Å². The highest BCUT2D eigenvalue weighted by Gasteiger charge is 2.28. The number of esters is 1. The molecular formula is C17H17N3O2.